The number of carbonyl (C=O) groups excluding carboxylic acids is 1. The second kappa shape index (κ2) is 6.13. The topological polar surface area (TPSA) is 60.1 Å². The Bertz CT molecular complexity index is 843. The third-order valence-electron chi connectivity index (χ3n) is 5.13. The summed E-state index contributed by atoms with van der Waals surface area (Å²) < 4.78 is 16.3. The third-order valence-corrected chi connectivity index (χ3v) is 5.13. The second-order valence-electron chi connectivity index (χ2n) is 6.94. The summed E-state index contributed by atoms with van der Waals surface area (Å²) in [6.07, 6.45) is 3.66. The molecule has 4 rings (SSSR count). The largest absolute Gasteiger partial charge is 0.345 e. The van der Waals surface area contributed by atoms with Gasteiger partial charge in [0.15, 0.2) is 0 Å². The smallest absolute Gasteiger partial charge is 0.339 e. The number of aryl methyl sites for hydroxylation is 1. The number of piperidine rings is 1. The first-order valence-electron chi connectivity index (χ1n) is 8.75. The van der Waals surface area contributed by atoms with E-state index in [9.17, 15) is 14.0 Å². The second-order valence-corrected chi connectivity index (χ2v) is 6.94. The van der Waals surface area contributed by atoms with Crippen molar-refractivity contribution in [2.75, 3.05) is 13.1 Å². The van der Waals surface area contributed by atoms with E-state index in [1.807, 2.05) is 4.57 Å². The third kappa shape index (κ3) is 2.99. The van der Waals surface area contributed by atoms with Crippen LogP contribution in [0.4, 0.5) is 4.39 Å². The fourth-order valence-corrected chi connectivity index (χ4v) is 3.57. The molecule has 7 heteroatoms. The number of rotatable bonds is 3. The van der Waals surface area contributed by atoms with Crippen LogP contribution in [0, 0.1) is 5.82 Å². The van der Waals surface area contributed by atoms with E-state index >= 15 is 0 Å². The zero-order valence-corrected chi connectivity index (χ0v) is 14.2. The van der Waals surface area contributed by atoms with Crippen LogP contribution in [-0.4, -0.2) is 38.2 Å². The van der Waals surface area contributed by atoms with Crippen LogP contribution >= 0.6 is 0 Å². The lowest BCUT2D eigenvalue weighted by Crippen LogP contribution is -2.38. The Morgan fingerprint density at radius 3 is 2.36 bits per heavy atom. The number of nitrogens with zero attached hydrogens (tertiary/aromatic N) is 4. The minimum atomic E-state index is -0.344. The zero-order chi connectivity index (χ0) is 17.6. The highest BCUT2D eigenvalue weighted by molar-refractivity contribution is 5.94. The van der Waals surface area contributed by atoms with Crippen LogP contribution < -0.4 is 5.69 Å². The Hall–Kier alpha value is -2.44. The maximum atomic E-state index is 13.0. The van der Waals surface area contributed by atoms with E-state index in [1.54, 1.807) is 11.9 Å². The van der Waals surface area contributed by atoms with Crippen molar-refractivity contribution in [2.45, 2.75) is 37.6 Å². The molecular weight excluding hydrogens is 323 g/mol. The Morgan fingerprint density at radius 2 is 1.76 bits per heavy atom. The first-order valence-corrected chi connectivity index (χ1v) is 8.75. The van der Waals surface area contributed by atoms with Crippen molar-refractivity contribution in [1.29, 1.82) is 0 Å². The highest BCUT2D eigenvalue weighted by Crippen LogP contribution is 2.37. The first kappa shape index (κ1) is 16.1. The molecule has 2 aliphatic rings. The van der Waals surface area contributed by atoms with Crippen LogP contribution in [0.25, 0.3) is 0 Å². The van der Waals surface area contributed by atoms with Gasteiger partial charge in [-0.3, -0.25) is 9.36 Å². The molecule has 0 atom stereocenters. The van der Waals surface area contributed by atoms with Crippen LogP contribution in [-0.2, 0) is 7.05 Å². The van der Waals surface area contributed by atoms with Crippen molar-refractivity contribution in [2.24, 2.45) is 7.05 Å². The minimum absolute atomic E-state index is 0.0395. The van der Waals surface area contributed by atoms with Gasteiger partial charge in [0, 0.05) is 37.7 Å². The molecule has 0 spiro atoms. The van der Waals surface area contributed by atoms with Gasteiger partial charge in [0.1, 0.15) is 11.6 Å². The van der Waals surface area contributed by atoms with Crippen molar-refractivity contribution < 1.29 is 9.18 Å². The Labute approximate surface area is 144 Å². The molecule has 2 aromatic rings. The molecule has 1 amide bonds. The summed E-state index contributed by atoms with van der Waals surface area (Å²) in [6, 6.07) is 5.96. The number of hydrogen-bond acceptors (Lipinski definition) is 3. The quantitative estimate of drug-likeness (QED) is 0.856. The van der Waals surface area contributed by atoms with Gasteiger partial charge >= 0.3 is 5.69 Å². The Kier molecular flexibility index (Phi) is 3.94. The van der Waals surface area contributed by atoms with E-state index < -0.39 is 0 Å². The van der Waals surface area contributed by atoms with Crippen LogP contribution in [0.1, 0.15) is 53.8 Å². The lowest BCUT2D eigenvalue weighted by Gasteiger charge is -2.31. The molecule has 0 radical (unpaired) electrons. The molecule has 2 heterocycles. The van der Waals surface area contributed by atoms with Crippen molar-refractivity contribution in [3.63, 3.8) is 0 Å². The van der Waals surface area contributed by atoms with E-state index in [2.05, 4.69) is 5.10 Å². The molecule has 1 aromatic carbocycles. The average molecular weight is 344 g/mol. The van der Waals surface area contributed by atoms with Crippen LogP contribution in [0.3, 0.4) is 0 Å². The minimum Gasteiger partial charge on any atom is -0.339 e. The van der Waals surface area contributed by atoms with Gasteiger partial charge < -0.3 is 4.90 Å². The fraction of sp³-hybridized carbons (Fsp3) is 0.500. The molecule has 2 fully saturated rings. The number of benzene rings is 1. The van der Waals surface area contributed by atoms with Crippen molar-refractivity contribution in [1.82, 2.24) is 19.2 Å². The van der Waals surface area contributed by atoms with Gasteiger partial charge in [-0.15, -0.1) is 0 Å². The lowest BCUT2D eigenvalue weighted by atomic mass is 9.95. The predicted octanol–water partition coefficient (Wildman–Crippen LogP) is 2.08. The van der Waals surface area contributed by atoms with Crippen molar-refractivity contribution in [3.05, 3.63) is 52.0 Å². The molecule has 0 unspecified atom stereocenters. The molecule has 1 saturated heterocycles. The van der Waals surface area contributed by atoms with E-state index in [1.165, 1.54) is 28.9 Å². The molecular formula is C18H21FN4O2. The van der Waals surface area contributed by atoms with Crippen LogP contribution in [0.2, 0.25) is 0 Å². The zero-order valence-electron chi connectivity index (χ0n) is 14.2. The SMILES string of the molecule is Cn1nc(C2CCN(C(=O)c3ccc(F)cc3)CC2)n(C2CC2)c1=O. The van der Waals surface area contributed by atoms with Crippen molar-refractivity contribution in [3.8, 4) is 0 Å². The number of amides is 1. The van der Waals surface area contributed by atoms with Gasteiger partial charge in [0.05, 0.1) is 0 Å². The monoisotopic (exact) mass is 344 g/mol. The molecule has 0 bridgehead atoms. The summed E-state index contributed by atoms with van der Waals surface area (Å²) >= 11 is 0. The summed E-state index contributed by atoms with van der Waals surface area (Å²) in [5, 5.41) is 4.45. The maximum Gasteiger partial charge on any atom is 0.345 e. The highest BCUT2D eigenvalue weighted by atomic mass is 19.1. The first-order chi connectivity index (χ1) is 12.0. The van der Waals surface area contributed by atoms with Gasteiger partial charge in [-0.2, -0.15) is 5.10 Å². The van der Waals surface area contributed by atoms with Gasteiger partial charge in [-0.1, -0.05) is 0 Å². The molecule has 1 aliphatic carbocycles. The van der Waals surface area contributed by atoms with Crippen molar-refractivity contribution >= 4 is 5.91 Å². The molecule has 0 N–H and O–H groups in total. The molecule has 25 heavy (non-hydrogen) atoms. The number of halogens is 1. The van der Waals surface area contributed by atoms with Gasteiger partial charge in [-0.05, 0) is 49.9 Å². The number of carbonyl (C=O) groups is 1. The summed E-state index contributed by atoms with van der Waals surface area (Å²) in [7, 11) is 1.69. The molecule has 1 aromatic heterocycles. The van der Waals surface area contributed by atoms with E-state index in [4.69, 9.17) is 0 Å². The maximum absolute atomic E-state index is 13.0. The van der Waals surface area contributed by atoms with E-state index in [-0.39, 0.29) is 23.3 Å². The summed E-state index contributed by atoms with van der Waals surface area (Å²) in [5.41, 5.74) is 0.467. The van der Waals surface area contributed by atoms with Gasteiger partial charge in [-0.25, -0.2) is 13.9 Å². The van der Waals surface area contributed by atoms with E-state index in [0.717, 1.165) is 31.5 Å². The van der Waals surface area contributed by atoms with Crippen LogP contribution in [0.5, 0.6) is 0 Å². The summed E-state index contributed by atoms with van der Waals surface area (Å²) in [6.45, 7) is 1.24. The molecule has 132 valence electrons. The summed E-state index contributed by atoms with van der Waals surface area (Å²) in [5.74, 6) is 0.651. The molecule has 1 saturated carbocycles. The average Bonchev–Trinajstić information content (AvgIpc) is 3.41. The molecule has 6 nitrogen and oxygen atoms in total. The normalized spacial score (nSPS) is 18.6. The Morgan fingerprint density at radius 1 is 1.12 bits per heavy atom. The standard InChI is InChI=1S/C18H21FN4O2/c1-21-18(25)23(15-6-7-15)16(20-21)12-8-10-22(11-9-12)17(24)13-2-4-14(19)5-3-13/h2-5,12,15H,6-11H2,1H3. The lowest BCUT2D eigenvalue weighted by molar-refractivity contribution is 0.0710. The van der Waals surface area contributed by atoms with Crippen LogP contribution in [0.15, 0.2) is 29.1 Å². The number of aromatic nitrogens is 3. The number of likely N-dealkylation sites (tertiary alicyclic amines) is 1. The van der Waals surface area contributed by atoms with E-state index in [0.29, 0.717) is 24.7 Å². The predicted molar refractivity (Wildman–Crippen MR) is 90.0 cm³/mol. The summed E-state index contributed by atoms with van der Waals surface area (Å²) in [4.78, 5) is 26.6. The molecule has 1 aliphatic heterocycles. The number of hydrogen-bond donors (Lipinski definition) is 0. The van der Waals surface area contributed by atoms with Gasteiger partial charge in [0.2, 0.25) is 0 Å². The van der Waals surface area contributed by atoms with Gasteiger partial charge in [0.25, 0.3) is 5.91 Å². The fourth-order valence-electron chi connectivity index (χ4n) is 3.57. The highest BCUT2D eigenvalue weighted by Gasteiger charge is 2.34. The Balaban J connectivity index is 1.47.